The van der Waals surface area contributed by atoms with Crippen molar-refractivity contribution in [2.75, 3.05) is 6.61 Å². The van der Waals surface area contributed by atoms with Crippen molar-refractivity contribution in [3.05, 3.63) is 95.3 Å². The number of aryl methyl sites for hydroxylation is 1. The number of carbonyl (C=O) groups is 2. The predicted molar refractivity (Wildman–Crippen MR) is 110 cm³/mol. The first-order valence-corrected chi connectivity index (χ1v) is 9.10. The first-order chi connectivity index (χ1) is 14.5. The molecule has 0 fully saturated rings. The number of esters is 1. The molecular formula is C23H19FN2O4. The molecule has 0 atom stereocenters. The van der Waals surface area contributed by atoms with Crippen LogP contribution in [0.25, 0.3) is 0 Å². The van der Waals surface area contributed by atoms with Gasteiger partial charge in [0.25, 0.3) is 5.91 Å². The van der Waals surface area contributed by atoms with Crippen molar-refractivity contribution in [1.82, 2.24) is 5.43 Å². The molecule has 1 N–H and O–H groups in total. The average molecular weight is 406 g/mol. The monoisotopic (exact) mass is 406 g/mol. The van der Waals surface area contributed by atoms with Crippen molar-refractivity contribution < 1.29 is 23.5 Å². The Bertz CT molecular complexity index is 1060. The van der Waals surface area contributed by atoms with Crippen molar-refractivity contribution in [2.24, 2.45) is 5.10 Å². The average Bonchev–Trinajstić information content (AvgIpc) is 2.74. The number of amides is 1. The van der Waals surface area contributed by atoms with Gasteiger partial charge in [-0.25, -0.2) is 14.6 Å². The molecule has 1 amide bonds. The number of nitrogens with one attached hydrogen (secondary N) is 1. The minimum Gasteiger partial charge on any atom is -0.483 e. The van der Waals surface area contributed by atoms with E-state index in [1.54, 1.807) is 36.4 Å². The van der Waals surface area contributed by atoms with E-state index in [0.29, 0.717) is 11.3 Å². The van der Waals surface area contributed by atoms with Gasteiger partial charge in [-0.3, -0.25) is 4.79 Å². The van der Waals surface area contributed by atoms with E-state index in [9.17, 15) is 14.0 Å². The number of rotatable bonds is 7. The van der Waals surface area contributed by atoms with Gasteiger partial charge in [0.15, 0.2) is 6.61 Å². The van der Waals surface area contributed by atoms with Gasteiger partial charge in [0, 0.05) is 0 Å². The minimum atomic E-state index is -0.782. The second-order valence-corrected chi connectivity index (χ2v) is 6.29. The van der Waals surface area contributed by atoms with Gasteiger partial charge in [-0.1, -0.05) is 30.3 Å². The molecule has 0 saturated carbocycles. The van der Waals surface area contributed by atoms with Gasteiger partial charge in [-0.05, 0) is 60.5 Å². The molecule has 0 aliphatic carbocycles. The first-order valence-electron chi connectivity index (χ1n) is 9.10. The van der Waals surface area contributed by atoms with Crippen LogP contribution in [-0.2, 0) is 4.79 Å². The Hall–Kier alpha value is -4.00. The van der Waals surface area contributed by atoms with Gasteiger partial charge in [0.05, 0.1) is 11.8 Å². The van der Waals surface area contributed by atoms with E-state index in [2.05, 4.69) is 10.5 Å². The first kappa shape index (κ1) is 20.7. The lowest BCUT2D eigenvalue weighted by atomic mass is 10.2. The lowest BCUT2D eigenvalue weighted by Gasteiger charge is -2.07. The number of ether oxygens (including phenoxy) is 2. The third kappa shape index (κ3) is 5.75. The van der Waals surface area contributed by atoms with Gasteiger partial charge < -0.3 is 9.47 Å². The van der Waals surface area contributed by atoms with Crippen LogP contribution in [0.4, 0.5) is 4.39 Å². The van der Waals surface area contributed by atoms with E-state index in [0.717, 1.165) is 5.56 Å². The zero-order valence-corrected chi connectivity index (χ0v) is 16.2. The highest BCUT2D eigenvalue weighted by Crippen LogP contribution is 2.16. The predicted octanol–water partition coefficient (Wildman–Crippen LogP) is 3.88. The van der Waals surface area contributed by atoms with Crippen LogP contribution in [0.2, 0.25) is 0 Å². The summed E-state index contributed by atoms with van der Waals surface area (Å²) in [6.07, 6.45) is 1.44. The SMILES string of the molecule is Cc1ccccc1OCC(=O)N/N=C/c1ccc(OC(=O)c2ccccc2F)cc1. The second kappa shape index (κ2) is 9.97. The molecule has 0 spiro atoms. The molecule has 152 valence electrons. The Morgan fingerprint density at radius 2 is 1.70 bits per heavy atom. The summed E-state index contributed by atoms with van der Waals surface area (Å²) in [5.74, 6) is -0.929. The maximum Gasteiger partial charge on any atom is 0.346 e. The molecule has 0 aliphatic heterocycles. The van der Waals surface area contributed by atoms with Crippen LogP contribution in [0.15, 0.2) is 77.9 Å². The molecule has 3 aromatic carbocycles. The van der Waals surface area contributed by atoms with E-state index >= 15 is 0 Å². The summed E-state index contributed by atoms with van der Waals surface area (Å²) >= 11 is 0. The van der Waals surface area contributed by atoms with Crippen LogP contribution in [0, 0.1) is 12.7 Å². The summed E-state index contributed by atoms with van der Waals surface area (Å²) in [6, 6.07) is 19.4. The van der Waals surface area contributed by atoms with Crippen molar-refractivity contribution >= 4 is 18.1 Å². The fourth-order valence-electron chi connectivity index (χ4n) is 2.48. The van der Waals surface area contributed by atoms with E-state index in [1.807, 2.05) is 25.1 Å². The number of halogens is 1. The lowest BCUT2D eigenvalue weighted by Crippen LogP contribution is -2.24. The van der Waals surface area contributed by atoms with Crippen LogP contribution < -0.4 is 14.9 Å². The third-order valence-electron chi connectivity index (χ3n) is 4.04. The molecule has 0 heterocycles. The number of hydrogen-bond acceptors (Lipinski definition) is 5. The van der Waals surface area contributed by atoms with E-state index in [1.165, 1.54) is 24.4 Å². The molecule has 0 aromatic heterocycles. The summed E-state index contributed by atoms with van der Waals surface area (Å²) in [6.45, 7) is 1.73. The van der Waals surface area contributed by atoms with Crippen molar-refractivity contribution in [3.8, 4) is 11.5 Å². The summed E-state index contributed by atoms with van der Waals surface area (Å²) in [5.41, 5.74) is 3.84. The van der Waals surface area contributed by atoms with Gasteiger partial charge in [0.1, 0.15) is 17.3 Å². The Kier molecular flexibility index (Phi) is 6.89. The normalized spacial score (nSPS) is 10.6. The van der Waals surface area contributed by atoms with Crippen LogP contribution in [0.1, 0.15) is 21.5 Å². The topological polar surface area (TPSA) is 77.0 Å². The number of carbonyl (C=O) groups excluding carboxylic acids is 2. The number of hydrazone groups is 1. The maximum atomic E-state index is 13.6. The van der Waals surface area contributed by atoms with Crippen LogP contribution in [-0.4, -0.2) is 24.7 Å². The number of hydrogen-bond donors (Lipinski definition) is 1. The van der Waals surface area contributed by atoms with Crippen molar-refractivity contribution in [1.29, 1.82) is 0 Å². The van der Waals surface area contributed by atoms with Gasteiger partial charge in [0.2, 0.25) is 0 Å². The fourth-order valence-corrected chi connectivity index (χ4v) is 2.48. The Morgan fingerprint density at radius 1 is 1.00 bits per heavy atom. The maximum absolute atomic E-state index is 13.6. The van der Waals surface area contributed by atoms with E-state index < -0.39 is 17.7 Å². The van der Waals surface area contributed by atoms with Gasteiger partial charge in [-0.15, -0.1) is 0 Å². The van der Waals surface area contributed by atoms with Crippen LogP contribution in [0.5, 0.6) is 11.5 Å². The Balaban J connectivity index is 1.48. The third-order valence-corrected chi connectivity index (χ3v) is 4.04. The summed E-state index contributed by atoms with van der Waals surface area (Å²) in [5, 5.41) is 3.86. The van der Waals surface area contributed by atoms with Crippen molar-refractivity contribution in [2.45, 2.75) is 6.92 Å². The van der Waals surface area contributed by atoms with E-state index in [-0.39, 0.29) is 17.9 Å². The molecule has 0 radical (unpaired) electrons. The minimum absolute atomic E-state index is 0.140. The molecule has 0 saturated heterocycles. The summed E-state index contributed by atoms with van der Waals surface area (Å²) in [4.78, 5) is 23.8. The number of benzene rings is 3. The molecule has 3 rings (SSSR count). The van der Waals surface area contributed by atoms with Gasteiger partial charge >= 0.3 is 5.97 Å². The van der Waals surface area contributed by atoms with Crippen molar-refractivity contribution in [3.63, 3.8) is 0 Å². The fraction of sp³-hybridized carbons (Fsp3) is 0.0870. The highest BCUT2D eigenvalue weighted by atomic mass is 19.1. The molecular weight excluding hydrogens is 387 g/mol. The van der Waals surface area contributed by atoms with Crippen LogP contribution >= 0.6 is 0 Å². The second-order valence-electron chi connectivity index (χ2n) is 6.29. The van der Waals surface area contributed by atoms with Gasteiger partial charge in [-0.2, -0.15) is 5.10 Å². The summed E-state index contributed by atoms with van der Waals surface area (Å²) in [7, 11) is 0. The molecule has 0 aliphatic rings. The largest absolute Gasteiger partial charge is 0.483 e. The summed E-state index contributed by atoms with van der Waals surface area (Å²) < 4.78 is 24.2. The highest BCUT2D eigenvalue weighted by molar-refractivity contribution is 5.91. The van der Waals surface area contributed by atoms with E-state index in [4.69, 9.17) is 9.47 Å². The Morgan fingerprint density at radius 3 is 2.43 bits per heavy atom. The highest BCUT2D eigenvalue weighted by Gasteiger charge is 2.13. The zero-order valence-electron chi connectivity index (χ0n) is 16.2. The van der Waals surface area contributed by atoms with Crippen LogP contribution in [0.3, 0.4) is 0 Å². The zero-order chi connectivity index (χ0) is 21.3. The number of para-hydroxylation sites is 1. The molecule has 0 bridgehead atoms. The Labute approximate surface area is 173 Å². The quantitative estimate of drug-likeness (QED) is 0.280. The number of nitrogens with zero attached hydrogens (tertiary/aromatic N) is 1. The molecule has 0 unspecified atom stereocenters. The molecule has 3 aromatic rings. The molecule has 6 nitrogen and oxygen atoms in total. The molecule has 7 heteroatoms. The smallest absolute Gasteiger partial charge is 0.346 e. The standard InChI is InChI=1S/C23H19FN2O4/c1-16-6-2-5-9-21(16)29-15-22(27)26-25-14-17-10-12-18(13-11-17)30-23(28)19-7-3-4-8-20(19)24/h2-14H,15H2,1H3,(H,26,27)/b25-14+. The molecule has 30 heavy (non-hydrogen) atoms. The lowest BCUT2D eigenvalue weighted by molar-refractivity contribution is -0.123.